The van der Waals surface area contributed by atoms with E-state index < -0.39 is 0 Å². The molecule has 1 aliphatic heterocycles. The van der Waals surface area contributed by atoms with E-state index in [9.17, 15) is 4.79 Å². The Balaban J connectivity index is 2.25. The Labute approximate surface area is 42.9 Å². The van der Waals surface area contributed by atoms with E-state index in [1.807, 2.05) is 0 Å². The molecule has 1 fully saturated rings. The van der Waals surface area contributed by atoms with Crippen molar-refractivity contribution in [1.82, 2.24) is 5.32 Å². The summed E-state index contributed by atoms with van der Waals surface area (Å²) in [7, 11) is 0. The molecule has 38 valence electrons. The van der Waals surface area contributed by atoms with Crippen LogP contribution in [0.1, 0.15) is 12.8 Å². The molecule has 1 saturated heterocycles. The third-order valence-electron chi connectivity index (χ3n) is 0.968. The second-order valence-electron chi connectivity index (χ2n) is 1.58. The third kappa shape index (κ3) is 1.27. The maximum absolute atomic E-state index is 10.4. The first kappa shape index (κ1) is 4.78. The van der Waals surface area contributed by atoms with E-state index in [1.165, 1.54) is 0 Å². The average molecular weight is 97.1 g/mol. The van der Waals surface area contributed by atoms with Crippen molar-refractivity contribution in [3.8, 4) is 0 Å². The summed E-state index contributed by atoms with van der Waals surface area (Å²) >= 11 is 0. The molecule has 1 rings (SSSR count). The predicted molar refractivity (Wildman–Crippen MR) is 25.5 cm³/mol. The molecule has 2 nitrogen and oxygen atoms in total. The number of hydrogen-bond donors (Lipinski definition) is 0. The molecule has 0 bridgehead atoms. The summed E-state index contributed by atoms with van der Waals surface area (Å²) < 4.78 is 0. The molecule has 0 aromatic carbocycles. The minimum Gasteiger partial charge on any atom is -0.300 e. The lowest BCUT2D eigenvalue weighted by Gasteiger charge is -2.05. The van der Waals surface area contributed by atoms with Gasteiger partial charge in [0.05, 0.1) is 0 Å². The monoisotopic (exact) mass is 97.1 g/mol. The number of carbonyl (C=O) groups is 1. The van der Waals surface area contributed by atoms with Gasteiger partial charge in [0, 0.05) is 25.9 Å². The van der Waals surface area contributed by atoms with Crippen LogP contribution in [0.5, 0.6) is 0 Å². The van der Waals surface area contributed by atoms with Gasteiger partial charge >= 0.3 is 0 Å². The Morgan fingerprint density at radius 2 is 2.57 bits per heavy atom. The molecule has 1 aliphatic rings. The van der Waals surface area contributed by atoms with Gasteiger partial charge in [-0.3, -0.25) is 4.79 Å². The van der Waals surface area contributed by atoms with Gasteiger partial charge in [-0.25, -0.2) is 5.32 Å². The van der Waals surface area contributed by atoms with Crippen molar-refractivity contribution in [2.24, 2.45) is 0 Å². The Morgan fingerprint density at radius 1 is 1.71 bits per heavy atom. The molecule has 0 spiro atoms. The molecule has 2 radical (unpaired) electrons. The summed E-state index contributed by atoms with van der Waals surface area (Å²) in [6.07, 6.45) is 1.20. The topological polar surface area (TPSA) is 31.2 Å². The van der Waals surface area contributed by atoms with Crippen molar-refractivity contribution < 1.29 is 4.79 Å². The van der Waals surface area contributed by atoms with Crippen LogP contribution in [0.3, 0.4) is 0 Å². The standard InChI is InChI=1S/C5H7NO/c7-5-1-3-6-4-2-5/h3H,1-2,4H2. The molecule has 2 heteroatoms. The lowest BCUT2D eigenvalue weighted by Crippen LogP contribution is -2.17. The SMILES string of the molecule is O=C1C[CH][N]CC1. The smallest absolute Gasteiger partial charge is 0.135 e. The molecule has 0 N–H and O–H groups in total. The van der Waals surface area contributed by atoms with Crippen molar-refractivity contribution >= 4 is 5.78 Å². The van der Waals surface area contributed by atoms with Crippen molar-refractivity contribution in [2.45, 2.75) is 12.8 Å². The molecule has 0 aliphatic carbocycles. The quantitative estimate of drug-likeness (QED) is 0.422. The van der Waals surface area contributed by atoms with Crippen LogP contribution in [0.25, 0.3) is 0 Å². The van der Waals surface area contributed by atoms with Gasteiger partial charge in [-0.15, -0.1) is 0 Å². The van der Waals surface area contributed by atoms with E-state index in [4.69, 9.17) is 0 Å². The number of Topliss-reactive ketones (excluding diaryl/α,β-unsaturated/α-hetero) is 1. The van der Waals surface area contributed by atoms with Crippen molar-refractivity contribution in [3.63, 3.8) is 0 Å². The van der Waals surface area contributed by atoms with Gasteiger partial charge in [-0.1, -0.05) is 0 Å². The van der Waals surface area contributed by atoms with Crippen LogP contribution in [0.4, 0.5) is 0 Å². The van der Waals surface area contributed by atoms with E-state index in [1.54, 1.807) is 6.54 Å². The van der Waals surface area contributed by atoms with Gasteiger partial charge in [-0.2, -0.15) is 0 Å². The average Bonchev–Trinajstić information content (AvgIpc) is 1.69. The Hall–Kier alpha value is -0.370. The highest BCUT2D eigenvalue weighted by Gasteiger charge is 2.06. The molecule has 7 heavy (non-hydrogen) atoms. The predicted octanol–water partition coefficient (Wildman–Crippen LogP) is 0.115. The third-order valence-corrected chi connectivity index (χ3v) is 0.968. The molecular weight excluding hydrogens is 90.1 g/mol. The number of hydrogen-bond acceptors (Lipinski definition) is 1. The maximum atomic E-state index is 10.4. The summed E-state index contributed by atoms with van der Waals surface area (Å²) in [5.41, 5.74) is 0. The van der Waals surface area contributed by atoms with Crippen molar-refractivity contribution in [3.05, 3.63) is 6.54 Å². The fraction of sp³-hybridized carbons (Fsp3) is 0.600. The lowest BCUT2D eigenvalue weighted by atomic mass is 10.1. The highest BCUT2D eigenvalue weighted by Crippen LogP contribution is 1.97. The summed E-state index contributed by atoms with van der Waals surface area (Å²) in [4.78, 5) is 10.4. The molecule has 0 aromatic rings. The molecule has 0 atom stereocenters. The maximum Gasteiger partial charge on any atom is 0.135 e. The zero-order valence-electron chi connectivity index (χ0n) is 4.05. The van der Waals surface area contributed by atoms with Gasteiger partial charge in [0.2, 0.25) is 0 Å². The Morgan fingerprint density at radius 3 is 2.86 bits per heavy atom. The van der Waals surface area contributed by atoms with Crippen LogP contribution in [0.15, 0.2) is 0 Å². The van der Waals surface area contributed by atoms with Gasteiger partial charge in [0.15, 0.2) is 0 Å². The second kappa shape index (κ2) is 2.07. The van der Waals surface area contributed by atoms with Crippen LogP contribution in [0, 0.1) is 6.54 Å². The summed E-state index contributed by atoms with van der Waals surface area (Å²) in [5.74, 6) is 0.315. The normalized spacial score (nSPS) is 22.6. The molecule has 0 amide bonds. The van der Waals surface area contributed by atoms with E-state index in [-0.39, 0.29) is 0 Å². The number of carbonyl (C=O) groups excluding carboxylic acids is 1. The van der Waals surface area contributed by atoms with Crippen LogP contribution < -0.4 is 5.32 Å². The zero-order valence-corrected chi connectivity index (χ0v) is 4.05. The van der Waals surface area contributed by atoms with Gasteiger partial charge < -0.3 is 0 Å². The Kier molecular flexibility index (Phi) is 1.42. The van der Waals surface area contributed by atoms with Gasteiger partial charge in [-0.05, 0) is 0 Å². The van der Waals surface area contributed by atoms with E-state index in [2.05, 4.69) is 5.32 Å². The van der Waals surface area contributed by atoms with Crippen LogP contribution in [-0.2, 0) is 4.79 Å². The van der Waals surface area contributed by atoms with Crippen LogP contribution in [-0.4, -0.2) is 12.3 Å². The van der Waals surface area contributed by atoms with Gasteiger partial charge in [0.1, 0.15) is 5.78 Å². The fourth-order valence-electron chi connectivity index (χ4n) is 0.549. The first-order chi connectivity index (χ1) is 3.39. The largest absolute Gasteiger partial charge is 0.300 e. The molecule has 0 unspecified atom stereocenters. The van der Waals surface area contributed by atoms with E-state index in [0.29, 0.717) is 25.2 Å². The summed E-state index contributed by atoms with van der Waals surface area (Å²) in [6, 6.07) is 0. The minimum absolute atomic E-state index is 0.315. The number of ketones is 1. The van der Waals surface area contributed by atoms with Crippen molar-refractivity contribution in [1.29, 1.82) is 0 Å². The highest BCUT2D eigenvalue weighted by molar-refractivity contribution is 5.80. The van der Waals surface area contributed by atoms with Crippen LogP contribution >= 0.6 is 0 Å². The van der Waals surface area contributed by atoms with Crippen molar-refractivity contribution in [2.75, 3.05) is 6.54 Å². The molecule has 0 aromatic heterocycles. The second-order valence-corrected chi connectivity index (χ2v) is 1.58. The molecule has 1 heterocycles. The Bertz CT molecular complexity index is 72.1. The molecule has 0 saturated carbocycles. The minimum atomic E-state index is 0.315. The zero-order chi connectivity index (χ0) is 5.11. The first-order valence-corrected chi connectivity index (χ1v) is 2.39. The van der Waals surface area contributed by atoms with Crippen LogP contribution in [0.2, 0.25) is 0 Å². The number of rotatable bonds is 0. The van der Waals surface area contributed by atoms with E-state index >= 15 is 0 Å². The highest BCUT2D eigenvalue weighted by atomic mass is 16.1. The van der Waals surface area contributed by atoms with E-state index in [0.717, 1.165) is 0 Å². The first-order valence-electron chi connectivity index (χ1n) is 2.39. The lowest BCUT2D eigenvalue weighted by molar-refractivity contribution is -0.119. The summed E-state index contributed by atoms with van der Waals surface area (Å²) in [5, 5.41) is 3.88. The summed E-state index contributed by atoms with van der Waals surface area (Å²) in [6.45, 7) is 2.39. The molecular formula is C5H7NO. The number of piperidine rings is 1. The number of nitrogens with zero attached hydrogens (tertiary/aromatic N) is 1. The fourth-order valence-corrected chi connectivity index (χ4v) is 0.549. The van der Waals surface area contributed by atoms with Gasteiger partial charge in [0.25, 0.3) is 0 Å².